The molecule has 1 N–H and O–H groups in total. The number of carbonyl (C=O) groups is 2. The zero-order valence-corrected chi connectivity index (χ0v) is 18.0. The van der Waals surface area contributed by atoms with Gasteiger partial charge in [-0.05, 0) is 49.2 Å². The Labute approximate surface area is 180 Å². The monoisotopic (exact) mass is 432 g/mol. The summed E-state index contributed by atoms with van der Waals surface area (Å²) in [7, 11) is 0. The van der Waals surface area contributed by atoms with Crippen molar-refractivity contribution in [1.82, 2.24) is 4.90 Å². The predicted octanol–water partition coefficient (Wildman–Crippen LogP) is 5.24. The highest BCUT2D eigenvalue weighted by atomic mass is 35.5. The van der Waals surface area contributed by atoms with Crippen LogP contribution in [0.2, 0.25) is 10.0 Å². The van der Waals surface area contributed by atoms with Gasteiger partial charge in [0, 0.05) is 22.8 Å². The molecular weight excluding hydrogens is 411 g/mol. The molecule has 0 saturated heterocycles. The zero-order valence-electron chi connectivity index (χ0n) is 16.5. The first-order valence-corrected chi connectivity index (χ1v) is 10.1. The quantitative estimate of drug-likeness (QED) is 0.607. The average Bonchev–Trinajstić information content (AvgIpc) is 2.88. The second-order valence-corrected chi connectivity index (χ2v) is 7.91. The number of imide groups is 1. The van der Waals surface area contributed by atoms with Gasteiger partial charge in [-0.3, -0.25) is 14.5 Å². The molecule has 1 aliphatic heterocycles. The second kappa shape index (κ2) is 8.89. The van der Waals surface area contributed by atoms with Crippen molar-refractivity contribution in [3.8, 4) is 5.75 Å². The number of anilines is 1. The molecule has 1 aliphatic rings. The van der Waals surface area contributed by atoms with Crippen LogP contribution in [0.3, 0.4) is 0 Å². The molecule has 0 atom stereocenters. The molecule has 29 heavy (non-hydrogen) atoms. The number of hydrogen-bond acceptors (Lipinski definition) is 4. The van der Waals surface area contributed by atoms with Crippen molar-refractivity contribution in [2.45, 2.75) is 20.8 Å². The summed E-state index contributed by atoms with van der Waals surface area (Å²) in [6.45, 7) is 6.70. The van der Waals surface area contributed by atoms with E-state index in [1.807, 2.05) is 20.8 Å². The summed E-state index contributed by atoms with van der Waals surface area (Å²) in [5.74, 6) is 0.109. The van der Waals surface area contributed by atoms with Crippen molar-refractivity contribution in [1.29, 1.82) is 0 Å². The van der Waals surface area contributed by atoms with Crippen molar-refractivity contribution in [2.24, 2.45) is 5.92 Å². The lowest BCUT2D eigenvalue weighted by molar-refractivity contribution is -0.137. The molecule has 152 valence electrons. The Balaban J connectivity index is 2.04. The van der Waals surface area contributed by atoms with Crippen LogP contribution < -0.4 is 10.1 Å². The van der Waals surface area contributed by atoms with Crippen LogP contribution in [0.25, 0.3) is 5.57 Å². The first-order chi connectivity index (χ1) is 13.8. The molecule has 2 aromatic rings. The van der Waals surface area contributed by atoms with Gasteiger partial charge in [-0.25, -0.2) is 0 Å². The topological polar surface area (TPSA) is 58.6 Å². The number of ether oxygens (including phenoxy) is 1. The van der Waals surface area contributed by atoms with Gasteiger partial charge in [0.2, 0.25) is 0 Å². The van der Waals surface area contributed by atoms with E-state index < -0.39 is 0 Å². The number of halogens is 2. The predicted molar refractivity (Wildman–Crippen MR) is 116 cm³/mol. The van der Waals surface area contributed by atoms with E-state index in [-0.39, 0.29) is 29.0 Å². The van der Waals surface area contributed by atoms with Crippen LogP contribution in [0.1, 0.15) is 26.3 Å². The van der Waals surface area contributed by atoms with E-state index in [0.717, 1.165) is 5.75 Å². The summed E-state index contributed by atoms with van der Waals surface area (Å²) in [6.07, 6.45) is 0. The largest absolute Gasteiger partial charge is 0.494 e. The molecule has 5 nitrogen and oxygen atoms in total. The molecule has 2 amide bonds. The Hall–Kier alpha value is -2.50. The minimum absolute atomic E-state index is 0.134. The molecular formula is C22H22Cl2N2O3. The van der Waals surface area contributed by atoms with Crippen LogP contribution in [0, 0.1) is 5.92 Å². The standard InChI is InChI=1S/C22H22Cl2N2O3/c1-4-29-16-8-6-15(7-9-16)25-20-19(17-10-5-14(23)11-18(17)24)21(27)26(22(20)28)12-13(2)3/h5-11,13,25H,4,12H2,1-3H3. The van der Waals surface area contributed by atoms with E-state index in [2.05, 4.69) is 5.32 Å². The molecule has 7 heteroatoms. The lowest BCUT2D eigenvalue weighted by Gasteiger charge is -2.17. The molecule has 0 unspecified atom stereocenters. The van der Waals surface area contributed by atoms with Crippen molar-refractivity contribution in [3.63, 3.8) is 0 Å². The molecule has 0 radical (unpaired) electrons. The molecule has 1 heterocycles. The fourth-order valence-electron chi connectivity index (χ4n) is 3.11. The Kier molecular flexibility index (Phi) is 6.50. The van der Waals surface area contributed by atoms with E-state index in [4.69, 9.17) is 27.9 Å². The van der Waals surface area contributed by atoms with Crippen molar-refractivity contribution in [2.75, 3.05) is 18.5 Å². The third kappa shape index (κ3) is 4.57. The highest BCUT2D eigenvalue weighted by molar-refractivity contribution is 6.41. The van der Waals surface area contributed by atoms with Crippen molar-refractivity contribution >= 4 is 46.3 Å². The van der Waals surface area contributed by atoms with Gasteiger partial charge in [0.05, 0.1) is 17.2 Å². The molecule has 2 aromatic carbocycles. The summed E-state index contributed by atoms with van der Waals surface area (Å²) < 4.78 is 5.45. The number of hydrogen-bond donors (Lipinski definition) is 1. The van der Waals surface area contributed by atoms with Crippen molar-refractivity contribution < 1.29 is 14.3 Å². The van der Waals surface area contributed by atoms with Crippen molar-refractivity contribution in [3.05, 3.63) is 63.8 Å². The number of carbonyl (C=O) groups excluding carboxylic acids is 2. The third-order valence-corrected chi connectivity index (χ3v) is 4.90. The van der Waals surface area contributed by atoms with Crippen LogP contribution in [-0.4, -0.2) is 29.9 Å². The second-order valence-electron chi connectivity index (χ2n) is 7.07. The molecule has 0 saturated carbocycles. The Morgan fingerprint density at radius 2 is 1.72 bits per heavy atom. The summed E-state index contributed by atoms with van der Waals surface area (Å²) in [5, 5.41) is 3.87. The van der Waals surface area contributed by atoms with Gasteiger partial charge in [0.1, 0.15) is 11.4 Å². The summed E-state index contributed by atoms with van der Waals surface area (Å²) in [6, 6.07) is 12.0. The molecule has 3 rings (SSSR count). The highest BCUT2D eigenvalue weighted by Gasteiger charge is 2.40. The highest BCUT2D eigenvalue weighted by Crippen LogP contribution is 2.35. The first kappa shape index (κ1) is 21.2. The van der Waals surface area contributed by atoms with Gasteiger partial charge >= 0.3 is 0 Å². The van der Waals surface area contributed by atoms with Crippen LogP contribution in [0.4, 0.5) is 5.69 Å². The zero-order chi connectivity index (χ0) is 21.1. The van der Waals surface area contributed by atoms with Gasteiger partial charge in [0.25, 0.3) is 11.8 Å². The Bertz CT molecular complexity index is 969. The van der Waals surface area contributed by atoms with Crippen LogP contribution in [-0.2, 0) is 9.59 Å². The Morgan fingerprint density at radius 1 is 1.03 bits per heavy atom. The fraction of sp³-hybridized carbons (Fsp3) is 0.273. The maximum absolute atomic E-state index is 13.1. The minimum atomic E-state index is -0.376. The normalized spacial score (nSPS) is 14.2. The van der Waals surface area contributed by atoms with Gasteiger partial charge < -0.3 is 10.1 Å². The van der Waals surface area contributed by atoms with Crippen LogP contribution in [0.5, 0.6) is 5.75 Å². The third-order valence-electron chi connectivity index (χ3n) is 4.35. The molecule has 0 spiro atoms. The summed E-state index contributed by atoms with van der Waals surface area (Å²) in [4.78, 5) is 27.5. The fourth-order valence-corrected chi connectivity index (χ4v) is 3.61. The lowest BCUT2D eigenvalue weighted by atomic mass is 10.0. The van der Waals surface area contributed by atoms with E-state index in [0.29, 0.717) is 34.4 Å². The summed E-state index contributed by atoms with van der Waals surface area (Å²) in [5.41, 5.74) is 1.57. The van der Waals surface area contributed by atoms with Gasteiger partial charge in [-0.2, -0.15) is 0 Å². The minimum Gasteiger partial charge on any atom is -0.494 e. The molecule has 0 aromatic heterocycles. The van der Waals surface area contributed by atoms with Gasteiger partial charge in [-0.1, -0.05) is 43.1 Å². The maximum Gasteiger partial charge on any atom is 0.278 e. The van der Waals surface area contributed by atoms with Crippen LogP contribution >= 0.6 is 23.2 Å². The smallest absolute Gasteiger partial charge is 0.278 e. The van der Waals surface area contributed by atoms with Crippen LogP contribution in [0.15, 0.2) is 48.2 Å². The number of rotatable bonds is 7. The maximum atomic E-state index is 13.1. The molecule has 0 aliphatic carbocycles. The molecule has 0 bridgehead atoms. The average molecular weight is 433 g/mol. The number of benzene rings is 2. The number of amides is 2. The Morgan fingerprint density at radius 3 is 2.31 bits per heavy atom. The molecule has 0 fully saturated rings. The van der Waals surface area contributed by atoms with E-state index >= 15 is 0 Å². The first-order valence-electron chi connectivity index (χ1n) is 9.37. The van der Waals surface area contributed by atoms with E-state index in [1.54, 1.807) is 42.5 Å². The number of nitrogens with one attached hydrogen (secondary N) is 1. The number of nitrogens with zero attached hydrogens (tertiary/aromatic N) is 1. The van der Waals surface area contributed by atoms with E-state index in [1.165, 1.54) is 4.90 Å². The van der Waals surface area contributed by atoms with Gasteiger partial charge in [0.15, 0.2) is 0 Å². The summed E-state index contributed by atoms with van der Waals surface area (Å²) >= 11 is 12.4. The van der Waals surface area contributed by atoms with E-state index in [9.17, 15) is 9.59 Å². The SMILES string of the molecule is CCOc1ccc(NC2=C(c3ccc(Cl)cc3Cl)C(=O)N(CC(C)C)C2=O)cc1. The van der Waals surface area contributed by atoms with Gasteiger partial charge in [-0.15, -0.1) is 0 Å². The lowest BCUT2D eigenvalue weighted by Crippen LogP contribution is -2.35.